The Bertz CT molecular complexity index is 1040. The fourth-order valence-electron chi connectivity index (χ4n) is 2.53. The fraction of sp³-hybridized carbons (Fsp3) is 0.0909. The van der Waals surface area contributed by atoms with E-state index in [1.165, 1.54) is 6.21 Å². The molecule has 0 aliphatic heterocycles. The maximum absolute atomic E-state index is 12.1. The van der Waals surface area contributed by atoms with Crippen LogP contribution in [-0.4, -0.2) is 19.2 Å². The van der Waals surface area contributed by atoms with Crippen molar-refractivity contribution in [2.45, 2.75) is 6.61 Å². The molecule has 0 spiro atoms. The maximum Gasteiger partial charge on any atom is 0.272 e. The number of hydrogen-bond donors (Lipinski definition) is 1. The van der Waals surface area contributed by atoms with Gasteiger partial charge in [0.2, 0.25) is 0 Å². The molecular weight excluding hydrogens is 411 g/mol. The molecule has 3 rings (SSSR count). The molecule has 7 heteroatoms. The van der Waals surface area contributed by atoms with E-state index >= 15 is 0 Å². The number of methoxy groups -OCH3 is 1. The number of halogens is 2. The minimum Gasteiger partial charge on any atom is -0.493 e. The summed E-state index contributed by atoms with van der Waals surface area (Å²) >= 11 is 12.2. The van der Waals surface area contributed by atoms with Crippen molar-refractivity contribution >= 4 is 35.3 Å². The molecule has 0 aromatic heterocycles. The molecule has 3 aromatic carbocycles. The fourth-order valence-corrected chi connectivity index (χ4v) is 2.94. The van der Waals surface area contributed by atoms with Gasteiger partial charge in [-0.05, 0) is 42.0 Å². The Labute approximate surface area is 178 Å². The molecule has 1 amide bonds. The highest BCUT2D eigenvalue weighted by atomic mass is 35.5. The van der Waals surface area contributed by atoms with Gasteiger partial charge in [0.25, 0.3) is 5.91 Å². The van der Waals surface area contributed by atoms with Crippen molar-refractivity contribution in [2.24, 2.45) is 5.10 Å². The van der Waals surface area contributed by atoms with Crippen LogP contribution in [0.15, 0.2) is 71.8 Å². The first-order chi connectivity index (χ1) is 14.1. The van der Waals surface area contributed by atoms with Crippen LogP contribution in [0.1, 0.15) is 21.5 Å². The maximum atomic E-state index is 12.1. The second-order valence-electron chi connectivity index (χ2n) is 5.97. The van der Waals surface area contributed by atoms with Gasteiger partial charge >= 0.3 is 0 Å². The summed E-state index contributed by atoms with van der Waals surface area (Å²) in [5, 5.41) is 4.98. The number of ether oxygens (including phenoxy) is 2. The van der Waals surface area contributed by atoms with E-state index in [-0.39, 0.29) is 0 Å². The summed E-state index contributed by atoms with van der Waals surface area (Å²) in [7, 11) is 1.55. The quantitative estimate of drug-likeness (QED) is 0.407. The number of amides is 1. The molecule has 0 saturated heterocycles. The molecule has 0 aliphatic carbocycles. The summed E-state index contributed by atoms with van der Waals surface area (Å²) < 4.78 is 11.2. The van der Waals surface area contributed by atoms with Gasteiger partial charge in [-0.3, -0.25) is 4.79 Å². The average molecular weight is 429 g/mol. The van der Waals surface area contributed by atoms with Crippen LogP contribution in [0.5, 0.6) is 11.5 Å². The van der Waals surface area contributed by atoms with Gasteiger partial charge in [-0.25, -0.2) is 5.43 Å². The van der Waals surface area contributed by atoms with Crippen molar-refractivity contribution in [3.8, 4) is 11.5 Å². The van der Waals surface area contributed by atoms with Crippen LogP contribution in [0.2, 0.25) is 10.0 Å². The SMILES string of the molecule is COc1cc(/C=N\NC(=O)c2ccccc2Cl)ccc1OCc1ccccc1Cl. The molecule has 0 saturated carbocycles. The highest BCUT2D eigenvalue weighted by Crippen LogP contribution is 2.29. The molecule has 0 atom stereocenters. The second-order valence-corrected chi connectivity index (χ2v) is 6.78. The Kier molecular flexibility index (Phi) is 7.11. The van der Waals surface area contributed by atoms with Gasteiger partial charge in [-0.15, -0.1) is 0 Å². The molecule has 0 aliphatic rings. The van der Waals surface area contributed by atoms with Crippen LogP contribution >= 0.6 is 23.2 Å². The smallest absolute Gasteiger partial charge is 0.272 e. The van der Waals surface area contributed by atoms with Crippen LogP contribution in [0.25, 0.3) is 0 Å². The first-order valence-corrected chi connectivity index (χ1v) is 9.46. The molecule has 0 fully saturated rings. The van der Waals surface area contributed by atoms with Gasteiger partial charge < -0.3 is 9.47 Å². The minimum atomic E-state index is -0.390. The third-order valence-electron chi connectivity index (χ3n) is 4.03. The molecule has 29 heavy (non-hydrogen) atoms. The second kappa shape index (κ2) is 9.96. The van der Waals surface area contributed by atoms with E-state index in [2.05, 4.69) is 10.5 Å². The molecule has 5 nitrogen and oxygen atoms in total. The number of nitrogens with one attached hydrogen (secondary N) is 1. The van der Waals surface area contributed by atoms with Crippen molar-refractivity contribution in [3.05, 3.63) is 93.5 Å². The zero-order valence-corrected chi connectivity index (χ0v) is 17.1. The number of hydrogen-bond acceptors (Lipinski definition) is 4. The van der Waals surface area contributed by atoms with E-state index in [4.69, 9.17) is 32.7 Å². The largest absolute Gasteiger partial charge is 0.493 e. The molecule has 0 unspecified atom stereocenters. The summed E-state index contributed by atoms with van der Waals surface area (Å²) in [5.41, 5.74) is 4.41. The van der Waals surface area contributed by atoms with E-state index in [0.29, 0.717) is 33.7 Å². The number of nitrogens with zero attached hydrogens (tertiary/aromatic N) is 1. The van der Waals surface area contributed by atoms with E-state index in [9.17, 15) is 4.79 Å². The summed E-state index contributed by atoms with van der Waals surface area (Å²) in [6, 6.07) is 19.6. The Morgan fingerprint density at radius 3 is 2.45 bits per heavy atom. The third kappa shape index (κ3) is 5.50. The molecule has 0 bridgehead atoms. The standard InChI is InChI=1S/C22H18Cl2N2O3/c1-28-21-12-15(13-25-26-22(27)17-7-3-5-9-19(17)24)10-11-20(21)29-14-16-6-2-4-8-18(16)23/h2-13H,14H2,1H3,(H,26,27)/b25-13-. The summed E-state index contributed by atoms with van der Waals surface area (Å²) in [6.45, 7) is 0.317. The Morgan fingerprint density at radius 2 is 1.72 bits per heavy atom. The predicted molar refractivity (Wildman–Crippen MR) is 115 cm³/mol. The molecule has 3 aromatic rings. The number of benzene rings is 3. The molecule has 148 valence electrons. The first kappa shape index (κ1) is 20.7. The highest BCUT2D eigenvalue weighted by Gasteiger charge is 2.09. The van der Waals surface area contributed by atoms with E-state index < -0.39 is 5.91 Å². The van der Waals surface area contributed by atoms with Gasteiger partial charge in [0, 0.05) is 10.6 Å². The lowest BCUT2D eigenvalue weighted by Crippen LogP contribution is -2.17. The highest BCUT2D eigenvalue weighted by molar-refractivity contribution is 6.33. The number of carbonyl (C=O) groups is 1. The summed E-state index contributed by atoms with van der Waals surface area (Å²) in [4.78, 5) is 12.1. The average Bonchev–Trinajstić information content (AvgIpc) is 2.74. The zero-order valence-electron chi connectivity index (χ0n) is 15.6. The monoisotopic (exact) mass is 428 g/mol. The Balaban J connectivity index is 1.65. The predicted octanol–water partition coefficient (Wildman–Crippen LogP) is 5.34. The number of rotatable bonds is 7. The molecular formula is C22H18Cl2N2O3. The van der Waals surface area contributed by atoms with E-state index in [0.717, 1.165) is 11.1 Å². The normalized spacial score (nSPS) is 10.7. The van der Waals surface area contributed by atoms with E-state index in [1.54, 1.807) is 49.6 Å². The van der Waals surface area contributed by atoms with Gasteiger partial charge in [-0.1, -0.05) is 53.5 Å². The number of hydrazone groups is 1. The Morgan fingerprint density at radius 1 is 1.00 bits per heavy atom. The lowest BCUT2D eigenvalue weighted by atomic mass is 10.2. The Hall–Kier alpha value is -3.02. The number of carbonyl (C=O) groups excluding carboxylic acids is 1. The summed E-state index contributed by atoms with van der Waals surface area (Å²) in [5.74, 6) is 0.724. The zero-order chi connectivity index (χ0) is 20.6. The van der Waals surface area contributed by atoms with Crippen LogP contribution < -0.4 is 14.9 Å². The van der Waals surface area contributed by atoms with Crippen molar-refractivity contribution in [1.29, 1.82) is 0 Å². The summed E-state index contributed by atoms with van der Waals surface area (Å²) in [6.07, 6.45) is 1.51. The molecule has 0 heterocycles. The van der Waals surface area contributed by atoms with Gasteiger partial charge in [0.1, 0.15) is 6.61 Å². The topological polar surface area (TPSA) is 59.9 Å². The molecule has 1 N–H and O–H groups in total. The molecule has 0 radical (unpaired) electrons. The van der Waals surface area contributed by atoms with Gasteiger partial charge in [-0.2, -0.15) is 5.10 Å². The van der Waals surface area contributed by atoms with E-state index in [1.807, 2.05) is 24.3 Å². The van der Waals surface area contributed by atoms with Gasteiger partial charge in [0.15, 0.2) is 11.5 Å². The van der Waals surface area contributed by atoms with Crippen LogP contribution in [0.4, 0.5) is 0 Å². The minimum absolute atomic E-state index is 0.317. The van der Waals surface area contributed by atoms with Gasteiger partial charge in [0.05, 0.1) is 23.9 Å². The van der Waals surface area contributed by atoms with Crippen LogP contribution in [0.3, 0.4) is 0 Å². The van der Waals surface area contributed by atoms with Crippen molar-refractivity contribution in [3.63, 3.8) is 0 Å². The van der Waals surface area contributed by atoms with Crippen LogP contribution in [-0.2, 0) is 6.61 Å². The first-order valence-electron chi connectivity index (χ1n) is 8.70. The van der Waals surface area contributed by atoms with Crippen molar-refractivity contribution < 1.29 is 14.3 Å². The van der Waals surface area contributed by atoms with Crippen molar-refractivity contribution in [1.82, 2.24) is 5.43 Å². The lowest BCUT2D eigenvalue weighted by molar-refractivity contribution is 0.0955. The van der Waals surface area contributed by atoms with Crippen LogP contribution in [0, 0.1) is 0 Å². The van der Waals surface area contributed by atoms with Crippen molar-refractivity contribution in [2.75, 3.05) is 7.11 Å². The third-order valence-corrected chi connectivity index (χ3v) is 4.73. The lowest BCUT2D eigenvalue weighted by Gasteiger charge is -2.12.